The molecule has 7 heteroatoms. The Morgan fingerprint density at radius 1 is 1.70 bits per heavy atom. The molecule has 6 nitrogen and oxygen atoms in total. The highest BCUT2D eigenvalue weighted by molar-refractivity contribution is 7.88. The number of nitrogens with zero attached hydrogens (tertiary/aromatic N) is 3. The van der Waals surface area contributed by atoms with Gasteiger partial charge in [-0.3, -0.25) is 0 Å². The highest BCUT2D eigenvalue weighted by Crippen LogP contribution is 2.10. The summed E-state index contributed by atoms with van der Waals surface area (Å²) in [7, 11) is -3.43. The second-order valence-corrected chi connectivity index (χ2v) is 3.77. The van der Waals surface area contributed by atoms with Crippen LogP contribution in [0.4, 0.5) is 0 Å². The zero-order valence-electron chi connectivity index (χ0n) is 5.30. The predicted molar refractivity (Wildman–Crippen MR) is 32.4 cm³/mol. The molecular weight excluding hydrogens is 158 g/mol. The lowest BCUT2D eigenvalue weighted by Gasteiger charge is -2.12. The van der Waals surface area contributed by atoms with Gasteiger partial charge >= 0.3 is 0 Å². The van der Waals surface area contributed by atoms with E-state index < -0.39 is 16.3 Å². The fraction of sp³-hybridized carbons (Fsp3) is 1.00. The molecule has 1 N–H and O–H groups in total. The number of hydrogen-bond donors (Lipinski definition) is 1. The van der Waals surface area contributed by atoms with Crippen molar-refractivity contribution >= 4 is 10.0 Å². The summed E-state index contributed by atoms with van der Waals surface area (Å²) in [5.74, 6) is 0. The van der Waals surface area contributed by atoms with Gasteiger partial charge in [0.1, 0.15) is 6.54 Å². The van der Waals surface area contributed by atoms with Gasteiger partial charge in [-0.1, -0.05) is 5.22 Å². The van der Waals surface area contributed by atoms with Gasteiger partial charge in [0.05, 0.1) is 6.26 Å². The molecule has 1 aliphatic heterocycles. The van der Waals surface area contributed by atoms with E-state index in [4.69, 9.17) is 5.11 Å². The molecule has 0 radical (unpaired) electrons. The molecule has 0 saturated heterocycles. The smallest absolute Gasteiger partial charge is 0.250 e. The van der Waals surface area contributed by atoms with Crippen LogP contribution < -0.4 is 0 Å². The maximum absolute atomic E-state index is 10.7. The van der Waals surface area contributed by atoms with Crippen molar-refractivity contribution in [3.8, 4) is 0 Å². The summed E-state index contributed by atoms with van der Waals surface area (Å²) in [5, 5.41) is 15.4. The first kappa shape index (κ1) is 7.42. The van der Waals surface area contributed by atoms with Crippen molar-refractivity contribution < 1.29 is 13.5 Å². The molecule has 58 valence electrons. The van der Waals surface area contributed by atoms with Crippen LogP contribution in [0.2, 0.25) is 0 Å². The summed E-state index contributed by atoms with van der Waals surface area (Å²) in [4.78, 5) is 0. The third-order valence-electron chi connectivity index (χ3n) is 0.991. The Balaban J connectivity index is 2.84. The van der Waals surface area contributed by atoms with Gasteiger partial charge in [-0.15, -0.1) is 4.41 Å². The second kappa shape index (κ2) is 2.17. The van der Waals surface area contributed by atoms with E-state index in [1.165, 1.54) is 0 Å². The van der Waals surface area contributed by atoms with Crippen LogP contribution in [0.5, 0.6) is 0 Å². The zero-order valence-corrected chi connectivity index (χ0v) is 6.11. The molecule has 0 aromatic carbocycles. The van der Waals surface area contributed by atoms with Crippen molar-refractivity contribution in [2.45, 2.75) is 6.23 Å². The molecule has 1 unspecified atom stereocenters. The third-order valence-corrected chi connectivity index (χ3v) is 1.99. The summed E-state index contributed by atoms with van der Waals surface area (Å²) >= 11 is 0. The lowest BCUT2D eigenvalue weighted by Crippen LogP contribution is -2.33. The standard InChI is InChI=1S/C3H7N3O3S/c1-10(8,9)6-3(7)2-4-5-6/h3,7H,2H2,1H3. The van der Waals surface area contributed by atoms with Gasteiger partial charge in [0.2, 0.25) is 0 Å². The molecule has 0 aliphatic carbocycles. The Hall–Kier alpha value is -0.690. The molecule has 0 aromatic rings. The van der Waals surface area contributed by atoms with Crippen LogP contribution in [0.1, 0.15) is 0 Å². The quantitative estimate of drug-likeness (QED) is 0.538. The van der Waals surface area contributed by atoms with Gasteiger partial charge < -0.3 is 5.11 Å². The summed E-state index contributed by atoms with van der Waals surface area (Å²) < 4.78 is 21.9. The monoisotopic (exact) mass is 165 g/mol. The summed E-state index contributed by atoms with van der Waals surface area (Å²) in [6.45, 7) is 0.0209. The average molecular weight is 165 g/mol. The van der Waals surface area contributed by atoms with Gasteiger partial charge in [0, 0.05) is 0 Å². The van der Waals surface area contributed by atoms with Gasteiger partial charge in [-0.2, -0.15) is 5.11 Å². The maximum atomic E-state index is 10.7. The first-order valence-electron chi connectivity index (χ1n) is 2.57. The Bertz CT molecular complexity index is 246. The van der Waals surface area contributed by atoms with E-state index in [1.54, 1.807) is 0 Å². The first-order valence-corrected chi connectivity index (χ1v) is 4.41. The molecular formula is C3H7N3O3S. The number of aliphatic hydroxyl groups is 1. The Morgan fingerprint density at radius 3 is 2.50 bits per heavy atom. The Morgan fingerprint density at radius 2 is 2.30 bits per heavy atom. The highest BCUT2D eigenvalue weighted by Gasteiger charge is 2.27. The number of sulfonamides is 1. The first-order chi connectivity index (χ1) is 4.52. The summed E-state index contributed by atoms with van der Waals surface area (Å²) in [6.07, 6.45) is -0.157. The average Bonchev–Trinajstić information content (AvgIpc) is 2.11. The van der Waals surface area contributed by atoms with Gasteiger partial charge in [-0.05, 0) is 0 Å². The predicted octanol–water partition coefficient (Wildman–Crippen LogP) is -1.05. The minimum atomic E-state index is -3.43. The normalized spacial score (nSPS) is 25.8. The molecule has 1 heterocycles. The topological polar surface area (TPSA) is 82.3 Å². The van der Waals surface area contributed by atoms with E-state index in [0.29, 0.717) is 4.41 Å². The van der Waals surface area contributed by atoms with Crippen molar-refractivity contribution in [3.63, 3.8) is 0 Å². The molecule has 0 saturated carbocycles. The van der Waals surface area contributed by atoms with Crippen molar-refractivity contribution in [1.82, 2.24) is 4.41 Å². The van der Waals surface area contributed by atoms with Gasteiger partial charge in [-0.25, -0.2) is 8.42 Å². The van der Waals surface area contributed by atoms with Crippen LogP contribution in [-0.2, 0) is 10.0 Å². The Labute approximate surface area is 58.2 Å². The van der Waals surface area contributed by atoms with Crippen molar-refractivity contribution in [2.75, 3.05) is 12.8 Å². The largest absolute Gasteiger partial charge is 0.369 e. The maximum Gasteiger partial charge on any atom is 0.250 e. The fourth-order valence-electron chi connectivity index (χ4n) is 0.589. The summed E-state index contributed by atoms with van der Waals surface area (Å²) in [5.41, 5.74) is 0. The molecule has 0 spiro atoms. The minimum absolute atomic E-state index is 0.0209. The van der Waals surface area contributed by atoms with Gasteiger partial charge in [0.15, 0.2) is 6.23 Å². The van der Waals surface area contributed by atoms with Crippen LogP contribution >= 0.6 is 0 Å². The number of rotatable bonds is 1. The molecule has 1 atom stereocenters. The number of aliphatic hydroxyl groups excluding tert-OH is 1. The second-order valence-electron chi connectivity index (χ2n) is 1.93. The SMILES string of the molecule is CS(=O)(=O)N1N=NCC1O. The van der Waals surface area contributed by atoms with E-state index in [0.717, 1.165) is 6.26 Å². The lowest BCUT2D eigenvalue weighted by molar-refractivity contribution is 0.0952. The number of hydrogen-bond acceptors (Lipinski definition) is 5. The zero-order chi connectivity index (χ0) is 7.78. The van der Waals surface area contributed by atoms with Crippen LogP contribution in [0.15, 0.2) is 10.3 Å². The van der Waals surface area contributed by atoms with Crippen LogP contribution in [0.25, 0.3) is 0 Å². The van der Waals surface area contributed by atoms with E-state index in [1.807, 2.05) is 0 Å². The van der Waals surface area contributed by atoms with Crippen molar-refractivity contribution in [3.05, 3.63) is 0 Å². The van der Waals surface area contributed by atoms with E-state index in [2.05, 4.69) is 10.3 Å². The van der Waals surface area contributed by atoms with Gasteiger partial charge in [0.25, 0.3) is 10.0 Å². The van der Waals surface area contributed by atoms with Crippen LogP contribution in [0.3, 0.4) is 0 Å². The van der Waals surface area contributed by atoms with Crippen molar-refractivity contribution in [1.29, 1.82) is 0 Å². The Kier molecular flexibility index (Phi) is 1.61. The van der Waals surface area contributed by atoms with E-state index in [9.17, 15) is 8.42 Å². The molecule has 0 amide bonds. The highest BCUT2D eigenvalue weighted by atomic mass is 32.2. The molecule has 1 aliphatic rings. The minimum Gasteiger partial charge on any atom is -0.369 e. The molecule has 0 fully saturated rings. The third kappa shape index (κ3) is 1.24. The van der Waals surface area contributed by atoms with Crippen LogP contribution in [0, 0.1) is 0 Å². The molecule has 0 aromatic heterocycles. The fourth-order valence-corrected chi connectivity index (χ4v) is 1.28. The summed E-state index contributed by atoms with van der Waals surface area (Å²) in [6, 6.07) is 0. The molecule has 0 bridgehead atoms. The lowest BCUT2D eigenvalue weighted by atomic mass is 10.6. The van der Waals surface area contributed by atoms with E-state index in [-0.39, 0.29) is 6.54 Å². The van der Waals surface area contributed by atoms with Crippen LogP contribution in [-0.4, -0.2) is 37.0 Å². The molecule has 1 rings (SSSR count). The molecule has 10 heavy (non-hydrogen) atoms. The van der Waals surface area contributed by atoms with E-state index >= 15 is 0 Å². The van der Waals surface area contributed by atoms with Crippen molar-refractivity contribution in [2.24, 2.45) is 10.3 Å².